The van der Waals surface area contributed by atoms with Crippen molar-refractivity contribution in [1.29, 1.82) is 0 Å². The van der Waals surface area contributed by atoms with Crippen LogP contribution in [0.25, 0.3) is 0 Å². The van der Waals surface area contributed by atoms with Gasteiger partial charge in [0.2, 0.25) is 0 Å². The minimum Gasteiger partial charge on any atom is -0.320 e. The Morgan fingerprint density at radius 2 is 2.31 bits per heavy atom. The predicted molar refractivity (Wildman–Crippen MR) is 54.8 cm³/mol. The van der Waals surface area contributed by atoms with Crippen molar-refractivity contribution >= 4 is 0 Å². The lowest BCUT2D eigenvalue weighted by Gasteiger charge is -2.00. The van der Waals surface area contributed by atoms with Crippen LogP contribution in [0.15, 0.2) is 6.07 Å². The standard InChI is InChI=1S/C10H19N3/c1-4-9-8-10(13(3)12-9)6-5-7-11-2/h8,11H,4-7H2,1-3H3. The van der Waals surface area contributed by atoms with E-state index >= 15 is 0 Å². The lowest BCUT2D eigenvalue weighted by molar-refractivity contribution is 0.655. The highest BCUT2D eigenvalue weighted by Crippen LogP contribution is 2.05. The van der Waals surface area contributed by atoms with E-state index in [4.69, 9.17) is 0 Å². The molecule has 0 atom stereocenters. The maximum absolute atomic E-state index is 4.40. The molecule has 3 nitrogen and oxygen atoms in total. The quantitative estimate of drug-likeness (QED) is 0.690. The Labute approximate surface area is 80.1 Å². The lowest BCUT2D eigenvalue weighted by Crippen LogP contribution is -2.09. The predicted octanol–water partition coefficient (Wildman–Crippen LogP) is 1.13. The molecule has 13 heavy (non-hydrogen) atoms. The van der Waals surface area contributed by atoms with Crippen LogP contribution in [-0.2, 0) is 19.9 Å². The van der Waals surface area contributed by atoms with Gasteiger partial charge in [0, 0.05) is 12.7 Å². The van der Waals surface area contributed by atoms with E-state index in [0.29, 0.717) is 0 Å². The first-order valence-electron chi connectivity index (χ1n) is 4.94. The molecule has 0 spiro atoms. The van der Waals surface area contributed by atoms with Gasteiger partial charge in [0.15, 0.2) is 0 Å². The Morgan fingerprint density at radius 3 is 2.85 bits per heavy atom. The van der Waals surface area contributed by atoms with E-state index in [1.807, 2.05) is 18.8 Å². The summed E-state index contributed by atoms with van der Waals surface area (Å²) in [6.45, 7) is 3.21. The molecule has 0 saturated carbocycles. The van der Waals surface area contributed by atoms with Crippen molar-refractivity contribution < 1.29 is 0 Å². The molecule has 0 amide bonds. The molecule has 0 aromatic carbocycles. The molecule has 3 heteroatoms. The van der Waals surface area contributed by atoms with Crippen LogP contribution in [0.4, 0.5) is 0 Å². The zero-order valence-corrected chi connectivity index (χ0v) is 8.80. The molecule has 74 valence electrons. The van der Waals surface area contributed by atoms with Gasteiger partial charge < -0.3 is 5.32 Å². The van der Waals surface area contributed by atoms with Crippen LogP contribution in [-0.4, -0.2) is 23.4 Å². The van der Waals surface area contributed by atoms with E-state index in [2.05, 4.69) is 23.4 Å². The van der Waals surface area contributed by atoms with Crippen molar-refractivity contribution in [2.75, 3.05) is 13.6 Å². The third-order valence-corrected chi connectivity index (χ3v) is 2.25. The molecule has 1 rings (SSSR count). The summed E-state index contributed by atoms with van der Waals surface area (Å²) in [6, 6.07) is 2.20. The van der Waals surface area contributed by atoms with E-state index in [1.165, 1.54) is 17.8 Å². The van der Waals surface area contributed by atoms with Crippen molar-refractivity contribution in [2.45, 2.75) is 26.2 Å². The Balaban J connectivity index is 2.50. The molecule has 1 heterocycles. The second kappa shape index (κ2) is 5.02. The molecule has 0 aliphatic carbocycles. The van der Waals surface area contributed by atoms with Crippen molar-refractivity contribution in [3.8, 4) is 0 Å². The fourth-order valence-electron chi connectivity index (χ4n) is 1.42. The van der Waals surface area contributed by atoms with Gasteiger partial charge in [-0.2, -0.15) is 5.10 Å². The molecule has 0 fully saturated rings. The normalized spacial score (nSPS) is 10.7. The zero-order valence-electron chi connectivity index (χ0n) is 8.80. The maximum atomic E-state index is 4.40. The number of hydrogen-bond acceptors (Lipinski definition) is 2. The van der Waals surface area contributed by atoms with Gasteiger partial charge in [0.1, 0.15) is 0 Å². The molecule has 0 aliphatic rings. The van der Waals surface area contributed by atoms with E-state index in [-0.39, 0.29) is 0 Å². The fourth-order valence-corrected chi connectivity index (χ4v) is 1.42. The summed E-state index contributed by atoms with van der Waals surface area (Å²) in [7, 11) is 4.01. The molecule has 1 aromatic heterocycles. The second-order valence-corrected chi connectivity index (χ2v) is 3.31. The largest absolute Gasteiger partial charge is 0.320 e. The second-order valence-electron chi connectivity index (χ2n) is 3.31. The zero-order chi connectivity index (χ0) is 9.68. The summed E-state index contributed by atoms with van der Waals surface area (Å²) in [6.07, 6.45) is 3.32. The van der Waals surface area contributed by atoms with Gasteiger partial charge >= 0.3 is 0 Å². The van der Waals surface area contributed by atoms with Crippen LogP contribution in [0.5, 0.6) is 0 Å². The molecule has 0 radical (unpaired) electrons. The summed E-state index contributed by atoms with van der Waals surface area (Å²) in [4.78, 5) is 0. The Hall–Kier alpha value is -0.830. The highest BCUT2D eigenvalue weighted by Gasteiger charge is 2.02. The topological polar surface area (TPSA) is 29.9 Å². The molecule has 1 aromatic rings. The summed E-state index contributed by atoms with van der Waals surface area (Å²) in [5.74, 6) is 0. The van der Waals surface area contributed by atoms with Gasteiger partial charge in [-0.3, -0.25) is 4.68 Å². The molecule has 0 saturated heterocycles. The monoisotopic (exact) mass is 181 g/mol. The minimum absolute atomic E-state index is 1.03. The summed E-state index contributed by atoms with van der Waals surface area (Å²) < 4.78 is 1.99. The third-order valence-electron chi connectivity index (χ3n) is 2.25. The highest BCUT2D eigenvalue weighted by molar-refractivity contribution is 5.10. The average molecular weight is 181 g/mol. The van der Waals surface area contributed by atoms with Gasteiger partial charge in [-0.05, 0) is 38.9 Å². The lowest BCUT2D eigenvalue weighted by atomic mass is 10.2. The Morgan fingerprint density at radius 1 is 1.54 bits per heavy atom. The van der Waals surface area contributed by atoms with Crippen LogP contribution >= 0.6 is 0 Å². The number of nitrogens with zero attached hydrogens (tertiary/aromatic N) is 2. The summed E-state index contributed by atoms with van der Waals surface area (Å²) >= 11 is 0. The summed E-state index contributed by atoms with van der Waals surface area (Å²) in [5, 5.41) is 7.55. The van der Waals surface area contributed by atoms with Crippen LogP contribution in [0.1, 0.15) is 24.7 Å². The first-order chi connectivity index (χ1) is 6.27. The number of nitrogens with one attached hydrogen (secondary N) is 1. The van der Waals surface area contributed by atoms with Crippen LogP contribution in [0.2, 0.25) is 0 Å². The fraction of sp³-hybridized carbons (Fsp3) is 0.700. The Kier molecular flexibility index (Phi) is 3.96. The number of aryl methyl sites for hydroxylation is 3. The minimum atomic E-state index is 1.03. The van der Waals surface area contributed by atoms with E-state index in [1.54, 1.807) is 0 Å². The van der Waals surface area contributed by atoms with Crippen molar-refractivity contribution in [3.05, 3.63) is 17.5 Å². The van der Waals surface area contributed by atoms with Gasteiger partial charge in [0.05, 0.1) is 5.69 Å². The van der Waals surface area contributed by atoms with Crippen molar-refractivity contribution in [1.82, 2.24) is 15.1 Å². The third kappa shape index (κ3) is 2.84. The van der Waals surface area contributed by atoms with Gasteiger partial charge in [0.25, 0.3) is 0 Å². The SMILES string of the molecule is CCc1cc(CCCNC)n(C)n1. The van der Waals surface area contributed by atoms with Crippen molar-refractivity contribution in [2.24, 2.45) is 7.05 Å². The molecule has 1 N–H and O–H groups in total. The smallest absolute Gasteiger partial charge is 0.0624 e. The van der Waals surface area contributed by atoms with Gasteiger partial charge in [-0.1, -0.05) is 6.92 Å². The number of aromatic nitrogens is 2. The van der Waals surface area contributed by atoms with E-state index < -0.39 is 0 Å². The van der Waals surface area contributed by atoms with Crippen LogP contribution in [0, 0.1) is 0 Å². The molecular formula is C10H19N3. The van der Waals surface area contributed by atoms with Gasteiger partial charge in [-0.15, -0.1) is 0 Å². The first kappa shape index (κ1) is 10.3. The van der Waals surface area contributed by atoms with Crippen molar-refractivity contribution in [3.63, 3.8) is 0 Å². The van der Waals surface area contributed by atoms with Gasteiger partial charge in [-0.25, -0.2) is 0 Å². The maximum Gasteiger partial charge on any atom is 0.0624 e. The van der Waals surface area contributed by atoms with Crippen LogP contribution in [0.3, 0.4) is 0 Å². The first-order valence-corrected chi connectivity index (χ1v) is 4.94. The molecule has 0 bridgehead atoms. The number of rotatable bonds is 5. The number of hydrogen-bond donors (Lipinski definition) is 1. The molecule has 0 aliphatic heterocycles. The summed E-state index contributed by atoms with van der Waals surface area (Å²) in [5.41, 5.74) is 2.54. The Bertz CT molecular complexity index is 253. The van der Waals surface area contributed by atoms with E-state index in [9.17, 15) is 0 Å². The van der Waals surface area contributed by atoms with E-state index in [0.717, 1.165) is 19.4 Å². The average Bonchev–Trinajstić information content (AvgIpc) is 2.48. The van der Waals surface area contributed by atoms with Crippen LogP contribution < -0.4 is 5.32 Å². The highest BCUT2D eigenvalue weighted by atomic mass is 15.3. The molecular weight excluding hydrogens is 162 g/mol. The molecule has 0 unspecified atom stereocenters.